The van der Waals surface area contributed by atoms with Crippen LogP contribution in [0.2, 0.25) is 0 Å². The van der Waals surface area contributed by atoms with Crippen LogP contribution >= 0.6 is 22.9 Å². The second-order valence-electron chi connectivity index (χ2n) is 3.08. The molecule has 0 fully saturated rings. The van der Waals surface area contributed by atoms with Crippen molar-refractivity contribution in [1.29, 1.82) is 0 Å². The summed E-state index contributed by atoms with van der Waals surface area (Å²) < 4.78 is 0. The average molecular weight is 255 g/mol. The first-order valence-corrected chi connectivity index (χ1v) is 5.87. The topological polar surface area (TPSA) is 56.0 Å². The van der Waals surface area contributed by atoms with Crippen LogP contribution in [0.1, 0.15) is 5.69 Å². The number of rotatable bonds is 3. The highest BCUT2D eigenvalue weighted by atomic mass is 35.5. The van der Waals surface area contributed by atoms with Crippen molar-refractivity contribution in [3.8, 4) is 10.6 Å². The van der Waals surface area contributed by atoms with Crippen molar-refractivity contribution in [2.24, 2.45) is 0 Å². The molecule has 4 nitrogen and oxygen atoms in total. The first-order chi connectivity index (χ1) is 7.70. The summed E-state index contributed by atoms with van der Waals surface area (Å²) in [6, 6.07) is 6.32. The van der Waals surface area contributed by atoms with Crippen LogP contribution in [0.25, 0.3) is 10.6 Å². The van der Waals surface area contributed by atoms with E-state index in [1.165, 1.54) is 23.5 Å². The minimum atomic E-state index is -0.421. The summed E-state index contributed by atoms with van der Waals surface area (Å²) in [5, 5.41) is 13.2. The molecule has 0 amide bonds. The van der Waals surface area contributed by atoms with E-state index < -0.39 is 4.92 Å². The molecule has 0 unspecified atom stereocenters. The van der Waals surface area contributed by atoms with Gasteiger partial charge in [0, 0.05) is 23.1 Å². The molecular formula is C10H7ClN2O2S. The molecule has 16 heavy (non-hydrogen) atoms. The third-order valence-corrected chi connectivity index (χ3v) is 3.23. The number of nitro benzene ring substituents is 1. The zero-order chi connectivity index (χ0) is 11.5. The molecule has 0 N–H and O–H groups in total. The second-order valence-corrected chi connectivity index (χ2v) is 4.21. The van der Waals surface area contributed by atoms with Gasteiger partial charge in [-0.25, -0.2) is 4.98 Å². The van der Waals surface area contributed by atoms with Crippen molar-refractivity contribution in [1.82, 2.24) is 4.98 Å². The van der Waals surface area contributed by atoms with Crippen molar-refractivity contribution in [2.45, 2.75) is 5.88 Å². The number of hydrogen-bond donors (Lipinski definition) is 0. The van der Waals surface area contributed by atoms with Gasteiger partial charge in [-0.2, -0.15) is 0 Å². The Bertz CT molecular complexity index is 510. The van der Waals surface area contributed by atoms with Crippen LogP contribution in [0.5, 0.6) is 0 Å². The van der Waals surface area contributed by atoms with E-state index in [0.717, 1.165) is 16.3 Å². The maximum atomic E-state index is 10.5. The lowest BCUT2D eigenvalue weighted by molar-refractivity contribution is -0.384. The van der Waals surface area contributed by atoms with Gasteiger partial charge in [-0.15, -0.1) is 22.9 Å². The van der Waals surface area contributed by atoms with Gasteiger partial charge in [0.15, 0.2) is 0 Å². The first-order valence-electron chi connectivity index (χ1n) is 4.46. The Morgan fingerprint density at radius 3 is 2.56 bits per heavy atom. The highest BCUT2D eigenvalue weighted by Gasteiger charge is 2.07. The van der Waals surface area contributed by atoms with E-state index in [-0.39, 0.29) is 5.69 Å². The van der Waals surface area contributed by atoms with Crippen LogP contribution in [0.3, 0.4) is 0 Å². The van der Waals surface area contributed by atoms with Crippen LogP contribution in [-0.4, -0.2) is 9.91 Å². The van der Waals surface area contributed by atoms with Gasteiger partial charge in [0.2, 0.25) is 0 Å². The minimum Gasteiger partial charge on any atom is -0.258 e. The molecular weight excluding hydrogens is 248 g/mol. The molecule has 2 aromatic rings. The fourth-order valence-electron chi connectivity index (χ4n) is 1.23. The molecule has 0 spiro atoms. The van der Waals surface area contributed by atoms with Crippen LogP contribution in [-0.2, 0) is 5.88 Å². The van der Waals surface area contributed by atoms with E-state index in [1.807, 2.05) is 5.38 Å². The van der Waals surface area contributed by atoms with Gasteiger partial charge < -0.3 is 0 Å². The number of aromatic nitrogens is 1. The smallest absolute Gasteiger partial charge is 0.258 e. The molecule has 1 aromatic carbocycles. The Kier molecular flexibility index (Phi) is 3.17. The van der Waals surface area contributed by atoms with E-state index in [2.05, 4.69) is 4.98 Å². The molecule has 1 aromatic heterocycles. The van der Waals surface area contributed by atoms with Gasteiger partial charge in [0.25, 0.3) is 5.69 Å². The van der Waals surface area contributed by atoms with Gasteiger partial charge >= 0.3 is 0 Å². The van der Waals surface area contributed by atoms with E-state index in [4.69, 9.17) is 11.6 Å². The number of nitro groups is 1. The number of nitrogens with zero attached hydrogens (tertiary/aromatic N) is 2. The van der Waals surface area contributed by atoms with Crippen LogP contribution < -0.4 is 0 Å². The van der Waals surface area contributed by atoms with E-state index in [1.54, 1.807) is 12.1 Å². The molecule has 0 aliphatic heterocycles. The lowest BCUT2D eigenvalue weighted by Gasteiger charge is -1.95. The predicted molar refractivity (Wildman–Crippen MR) is 63.8 cm³/mol. The quantitative estimate of drug-likeness (QED) is 0.479. The molecule has 0 saturated carbocycles. The molecule has 0 bridgehead atoms. The number of alkyl halides is 1. The Balaban J connectivity index is 2.30. The molecule has 6 heteroatoms. The van der Waals surface area contributed by atoms with Crippen molar-refractivity contribution in [3.63, 3.8) is 0 Å². The summed E-state index contributed by atoms with van der Waals surface area (Å²) >= 11 is 7.13. The van der Waals surface area contributed by atoms with Gasteiger partial charge in [0.1, 0.15) is 5.01 Å². The van der Waals surface area contributed by atoms with Gasteiger partial charge in [-0.1, -0.05) is 0 Å². The number of non-ortho nitro benzene ring substituents is 1. The summed E-state index contributed by atoms with van der Waals surface area (Å²) in [7, 11) is 0. The summed E-state index contributed by atoms with van der Waals surface area (Å²) in [4.78, 5) is 14.3. The fraction of sp³-hybridized carbons (Fsp3) is 0.100. The summed E-state index contributed by atoms with van der Waals surface area (Å²) in [5.41, 5.74) is 1.77. The fourth-order valence-corrected chi connectivity index (χ4v) is 2.28. The Morgan fingerprint density at radius 2 is 2.06 bits per heavy atom. The van der Waals surface area contributed by atoms with Crippen LogP contribution in [0.4, 0.5) is 5.69 Å². The maximum Gasteiger partial charge on any atom is 0.269 e. The van der Waals surface area contributed by atoms with Crippen molar-refractivity contribution < 1.29 is 4.92 Å². The third-order valence-electron chi connectivity index (χ3n) is 2.01. The highest BCUT2D eigenvalue weighted by Crippen LogP contribution is 2.26. The summed E-state index contributed by atoms with van der Waals surface area (Å²) in [6.07, 6.45) is 0. The first kappa shape index (κ1) is 11.0. The average Bonchev–Trinajstić information content (AvgIpc) is 2.77. The lowest BCUT2D eigenvalue weighted by Crippen LogP contribution is -1.87. The maximum absolute atomic E-state index is 10.5. The van der Waals surface area contributed by atoms with Crippen LogP contribution in [0.15, 0.2) is 29.6 Å². The molecule has 82 valence electrons. The van der Waals surface area contributed by atoms with E-state index in [0.29, 0.717) is 5.88 Å². The molecule has 0 atom stereocenters. The van der Waals surface area contributed by atoms with Crippen LogP contribution in [0, 0.1) is 10.1 Å². The minimum absolute atomic E-state index is 0.0814. The number of hydrogen-bond acceptors (Lipinski definition) is 4. The lowest BCUT2D eigenvalue weighted by atomic mass is 10.2. The second kappa shape index (κ2) is 4.59. The molecule has 0 radical (unpaired) electrons. The van der Waals surface area contributed by atoms with Gasteiger partial charge in [-0.3, -0.25) is 10.1 Å². The zero-order valence-electron chi connectivity index (χ0n) is 8.09. The number of thiazole rings is 1. The molecule has 0 aliphatic carbocycles. The van der Waals surface area contributed by atoms with Crippen molar-refractivity contribution >= 4 is 28.6 Å². The largest absolute Gasteiger partial charge is 0.269 e. The molecule has 0 aliphatic rings. The summed E-state index contributed by atoms with van der Waals surface area (Å²) in [6.45, 7) is 0. The molecule has 0 saturated heterocycles. The third kappa shape index (κ3) is 2.20. The van der Waals surface area contributed by atoms with Crippen molar-refractivity contribution in [2.75, 3.05) is 0 Å². The monoisotopic (exact) mass is 254 g/mol. The molecule has 2 rings (SSSR count). The number of benzene rings is 1. The Morgan fingerprint density at radius 1 is 1.38 bits per heavy atom. The van der Waals surface area contributed by atoms with Crippen molar-refractivity contribution in [3.05, 3.63) is 45.5 Å². The zero-order valence-corrected chi connectivity index (χ0v) is 9.66. The van der Waals surface area contributed by atoms with E-state index in [9.17, 15) is 10.1 Å². The SMILES string of the molecule is O=[N+]([O-])c1ccc(-c2nc(CCl)cs2)cc1. The Hall–Kier alpha value is -1.46. The number of halogens is 1. The Labute approximate surface area is 101 Å². The standard InChI is InChI=1S/C10H7ClN2O2S/c11-5-8-6-16-10(12-8)7-1-3-9(4-2-7)13(14)15/h1-4,6H,5H2. The van der Waals surface area contributed by atoms with E-state index >= 15 is 0 Å². The summed E-state index contributed by atoms with van der Waals surface area (Å²) in [5.74, 6) is 0.378. The van der Waals surface area contributed by atoms with Gasteiger partial charge in [0.05, 0.1) is 16.5 Å². The normalized spacial score (nSPS) is 10.3. The molecule has 1 heterocycles. The predicted octanol–water partition coefficient (Wildman–Crippen LogP) is 3.46. The van der Waals surface area contributed by atoms with Gasteiger partial charge in [-0.05, 0) is 12.1 Å². The highest BCUT2D eigenvalue weighted by molar-refractivity contribution is 7.13.